The summed E-state index contributed by atoms with van der Waals surface area (Å²) in [6.45, 7) is 1.02. The Labute approximate surface area is 180 Å². The molecule has 3 aromatic heterocycles. The van der Waals surface area contributed by atoms with Crippen molar-refractivity contribution in [1.29, 1.82) is 0 Å². The molecule has 0 unspecified atom stereocenters. The van der Waals surface area contributed by atoms with Crippen molar-refractivity contribution >= 4 is 27.8 Å². The summed E-state index contributed by atoms with van der Waals surface area (Å²) in [6.07, 6.45) is -2.92. The van der Waals surface area contributed by atoms with Crippen LogP contribution in [0.15, 0.2) is 42.5 Å². The SMILES string of the molecule is Cn1c(C(=O)N2CCC[C@@H](c3cc4nc(C(F)(F)F)ccc4[nH]3)C2)cc2cc(F)ccc21. The zero-order valence-electron chi connectivity index (χ0n) is 17.2. The number of aryl methyl sites for hydroxylation is 1. The first kappa shape index (κ1) is 20.5. The van der Waals surface area contributed by atoms with E-state index in [4.69, 9.17) is 0 Å². The lowest BCUT2D eigenvalue weighted by atomic mass is 9.94. The molecule has 1 N–H and O–H groups in total. The van der Waals surface area contributed by atoms with E-state index in [1.807, 2.05) is 0 Å². The molecule has 1 aliphatic rings. The van der Waals surface area contributed by atoms with Crippen LogP contribution in [-0.2, 0) is 13.2 Å². The summed E-state index contributed by atoms with van der Waals surface area (Å²) in [5, 5.41) is 0.659. The first-order chi connectivity index (χ1) is 15.2. The number of benzene rings is 1. The van der Waals surface area contributed by atoms with Gasteiger partial charge in [-0.1, -0.05) is 0 Å². The van der Waals surface area contributed by atoms with Gasteiger partial charge in [0.15, 0.2) is 0 Å². The minimum atomic E-state index is -4.50. The van der Waals surface area contributed by atoms with Gasteiger partial charge in [0.2, 0.25) is 0 Å². The maximum absolute atomic E-state index is 13.6. The van der Waals surface area contributed by atoms with E-state index in [0.29, 0.717) is 29.7 Å². The molecule has 5 rings (SSSR count). The van der Waals surface area contributed by atoms with E-state index >= 15 is 0 Å². The second-order valence-electron chi connectivity index (χ2n) is 8.23. The average Bonchev–Trinajstić information content (AvgIpc) is 3.33. The van der Waals surface area contributed by atoms with Gasteiger partial charge >= 0.3 is 6.18 Å². The van der Waals surface area contributed by atoms with Crippen molar-refractivity contribution in [3.8, 4) is 0 Å². The number of nitrogens with one attached hydrogen (secondary N) is 1. The predicted octanol–water partition coefficient (Wildman–Crippen LogP) is 5.23. The van der Waals surface area contributed by atoms with Crippen molar-refractivity contribution in [2.24, 2.45) is 7.05 Å². The summed E-state index contributed by atoms with van der Waals surface area (Å²) < 4.78 is 54.2. The molecule has 1 amide bonds. The highest BCUT2D eigenvalue weighted by Crippen LogP contribution is 2.32. The average molecular weight is 444 g/mol. The van der Waals surface area contributed by atoms with Crippen LogP contribution in [-0.4, -0.2) is 38.4 Å². The molecule has 1 aliphatic heterocycles. The van der Waals surface area contributed by atoms with Gasteiger partial charge in [-0.05, 0) is 55.3 Å². The Kier molecular flexibility index (Phi) is 4.72. The van der Waals surface area contributed by atoms with Gasteiger partial charge in [0.05, 0.1) is 11.0 Å². The number of aromatic amines is 1. The summed E-state index contributed by atoms with van der Waals surface area (Å²) in [6, 6.07) is 10.1. The van der Waals surface area contributed by atoms with E-state index in [2.05, 4.69) is 9.97 Å². The molecule has 4 aromatic rings. The number of carbonyl (C=O) groups is 1. The second-order valence-corrected chi connectivity index (χ2v) is 8.23. The van der Waals surface area contributed by atoms with Crippen molar-refractivity contribution in [3.63, 3.8) is 0 Å². The van der Waals surface area contributed by atoms with E-state index in [-0.39, 0.29) is 23.2 Å². The minimum absolute atomic E-state index is 0.0386. The van der Waals surface area contributed by atoms with E-state index in [0.717, 1.165) is 30.1 Å². The molecule has 0 bridgehead atoms. The van der Waals surface area contributed by atoms with Gasteiger partial charge < -0.3 is 14.5 Å². The van der Waals surface area contributed by atoms with Crippen LogP contribution in [0, 0.1) is 5.82 Å². The van der Waals surface area contributed by atoms with E-state index in [9.17, 15) is 22.4 Å². The van der Waals surface area contributed by atoms with Crippen molar-refractivity contribution in [2.45, 2.75) is 24.9 Å². The molecule has 32 heavy (non-hydrogen) atoms. The number of rotatable bonds is 2. The first-order valence-electron chi connectivity index (χ1n) is 10.3. The van der Waals surface area contributed by atoms with Crippen LogP contribution in [0.1, 0.15) is 40.6 Å². The third-order valence-corrected chi connectivity index (χ3v) is 6.16. The Hall–Kier alpha value is -3.36. The number of amides is 1. The molecule has 1 aromatic carbocycles. The Morgan fingerprint density at radius 2 is 1.97 bits per heavy atom. The molecule has 0 saturated carbocycles. The lowest BCUT2D eigenvalue weighted by Gasteiger charge is -2.32. The Morgan fingerprint density at radius 3 is 2.75 bits per heavy atom. The van der Waals surface area contributed by atoms with Gasteiger partial charge in [-0.15, -0.1) is 0 Å². The van der Waals surface area contributed by atoms with Gasteiger partial charge in [-0.25, -0.2) is 9.37 Å². The maximum atomic E-state index is 13.6. The molecular weight excluding hydrogens is 424 g/mol. The van der Waals surface area contributed by atoms with Gasteiger partial charge in [0.1, 0.15) is 17.2 Å². The van der Waals surface area contributed by atoms with Crippen LogP contribution in [0.3, 0.4) is 0 Å². The molecule has 0 radical (unpaired) electrons. The molecule has 0 aliphatic carbocycles. The van der Waals surface area contributed by atoms with E-state index in [1.165, 1.54) is 18.2 Å². The number of H-pyrrole nitrogens is 1. The summed E-state index contributed by atoms with van der Waals surface area (Å²) in [5.41, 5.74) is 1.87. The highest BCUT2D eigenvalue weighted by molar-refractivity contribution is 5.98. The number of carbonyl (C=O) groups excluding carboxylic acids is 1. The van der Waals surface area contributed by atoms with E-state index in [1.54, 1.807) is 34.7 Å². The number of halogens is 4. The van der Waals surface area contributed by atoms with Crippen molar-refractivity contribution in [3.05, 3.63) is 65.4 Å². The zero-order chi connectivity index (χ0) is 22.6. The third-order valence-electron chi connectivity index (χ3n) is 6.16. The summed E-state index contributed by atoms with van der Waals surface area (Å²) in [4.78, 5) is 21.9. The summed E-state index contributed by atoms with van der Waals surface area (Å²) in [5.74, 6) is -0.549. The van der Waals surface area contributed by atoms with Crippen LogP contribution in [0.5, 0.6) is 0 Å². The summed E-state index contributed by atoms with van der Waals surface area (Å²) in [7, 11) is 1.77. The number of likely N-dealkylation sites (tertiary alicyclic amines) is 1. The van der Waals surface area contributed by atoms with E-state index < -0.39 is 11.9 Å². The van der Waals surface area contributed by atoms with Crippen LogP contribution >= 0.6 is 0 Å². The quantitative estimate of drug-likeness (QED) is 0.431. The smallest absolute Gasteiger partial charge is 0.357 e. The summed E-state index contributed by atoms with van der Waals surface area (Å²) >= 11 is 0. The van der Waals surface area contributed by atoms with Gasteiger partial charge in [-0.2, -0.15) is 13.2 Å². The third kappa shape index (κ3) is 3.51. The molecule has 9 heteroatoms. The fourth-order valence-corrected chi connectivity index (χ4v) is 4.51. The maximum Gasteiger partial charge on any atom is 0.433 e. The highest BCUT2D eigenvalue weighted by Gasteiger charge is 2.33. The van der Waals surface area contributed by atoms with Crippen molar-refractivity contribution in [1.82, 2.24) is 19.4 Å². The minimum Gasteiger partial charge on any atom is -0.357 e. The molecule has 1 atom stereocenters. The highest BCUT2D eigenvalue weighted by atomic mass is 19.4. The van der Waals surface area contributed by atoms with Gasteiger partial charge in [-0.3, -0.25) is 4.79 Å². The number of hydrogen-bond donors (Lipinski definition) is 1. The topological polar surface area (TPSA) is 53.9 Å². The first-order valence-corrected chi connectivity index (χ1v) is 10.3. The molecule has 4 heterocycles. The van der Waals surface area contributed by atoms with Crippen LogP contribution in [0.2, 0.25) is 0 Å². The number of fused-ring (bicyclic) bond motifs is 2. The molecular formula is C23H20F4N4O. The number of pyridine rings is 1. The molecule has 5 nitrogen and oxygen atoms in total. The van der Waals surface area contributed by atoms with Crippen LogP contribution in [0.4, 0.5) is 17.6 Å². The predicted molar refractivity (Wildman–Crippen MR) is 112 cm³/mol. The lowest BCUT2D eigenvalue weighted by molar-refractivity contribution is -0.140. The molecule has 1 fully saturated rings. The van der Waals surface area contributed by atoms with Crippen LogP contribution in [0.25, 0.3) is 21.9 Å². The number of aromatic nitrogens is 3. The number of alkyl halides is 3. The Morgan fingerprint density at radius 1 is 1.16 bits per heavy atom. The van der Waals surface area contributed by atoms with Crippen molar-refractivity contribution < 1.29 is 22.4 Å². The van der Waals surface area contributed by atoms with Gasteiger partial charge in [0.25, 0.3) is 5.91 Å². The number of nitrogens with zero attached hydrogens (tertiary/aromatic N) is 3. The lowest BCUT2D eigenvalue weighted by Crippen LogP contribution is -2.39. The Balaban J connectivity index is 1.41. The fraction of sp³-hybridized carbons (Fsp3) is 0.304. The normalized spacial score (nSPS) is 17.4. The standard InChI is InChI=1S/C23H20F4N4O/c1-30-19-6-4-15(24)9-14(19)10-20(30)22(32)31-8-2-3-13(12-31)17-11-18-16(28-17)5-7-21(29-18)23(25,26)27/h4-7,9-11,13,28H,2-3,8,12H2,1H3/t13-/m1/s1. The fourth-order valence-electron chi connectivity index (χ4n) is 4.51. The Bertz CT molecular complexity index is 1340. The molecule has 0 spiro atoms. The molecule has 1 saturated heterocycles. The zero-order valence-corrected chi connectivity index (χ0v) is 17.2. The monoisotopic (exact) mass is 444 g/mol. The number of piperidine rings is 1. The van der Waals surface area contributed by atoms with Gasteiger partial charge in [0, 0.05) is 42.7 Å². The van der Waals surface area contributed by atoms with Crippen LogP contribution < -0.4 is 0 Å². The second kappa shape index (κ2) is 7.36. The number of hydrogen-bond acceptors (Lipinski definition) is 2. The molecule has 166 valence electrons. The van der Waals surface area contributed by atoms with Crippen molar-refractivity contribution in [2.75, 3.05) is 13.1 Å². The largest absolute Gasteiger partial charge is 0.433 e.